The maximum atomic E-state index is 13.0. The Morgan fingerprint density at radius 1 is 1.29 bits per heavy atom. The van der Waals surface area contributed by atoms with Gasteiger partial charge in [-0.3, -0.25) is 0 Å². The van der Waals surface area contributed by atoms with Gasteiger partial charge in [0.2, 0.25) is 0 Å². The Morgan fingerprint density at radius 3 is 2.53 bits per heavy atom. The fourth-order valence-electron chi connectivity index (χ4n) is 0.916. The Morgan fingerprint density at radius 2 is 1.94 bits per heavy atom. The number of halogens is 2. The third-order valence-corrected chi connectivity index (χ3v) is 1.60. The SMILES string of the molecule is CCOC(=O)COCC(F)(F)COCCCO. The first-order chi connectivity index (χ1) is 8.02. The zero-order valence-electron chi connectivity index (χ0n) is 9.79. The summed E-state index contributed by atoms with van der Waals surface area (Å²) in [5, 5.41) is 8.41. The van der Waals surface area contributed by atoms with Crippen molar-refractivity contribution in [2.75, 3.05) is 39.6 Å². The molecule has 0 bridgehead atoms. The van der Waals surface area contributed by atoms with Crippen LogP contribution in [0.2, 0.25) is 0 Å². The van der Waals surface area contributed by atoms with Gasteiger partial charge in [-0.25, -0.2) is 13.6 Å². The van der Waals surface area contributed by atoms with Gasteiger partial charge in [-0.15, -0.1) is 0 Å². The van der Waals surface area contributed by atoms with Crippen LogP contribution in [0.3, 0.4) is 0 Å². The van der Waals surface area contributed by atoms with Gasteiger partial charge in [-0.2, -0.15) is 0 Å². The molecule has 0 aliphatic heterocycles. The monoisotopic (exact) mass is 256 g/mol. The van der Waals surface area contributed by atoms with Gasteiger partial charge in [-0.1, -0.05) is 0 Å². The van der Waals surface area contributed by atoms with E-state index in [2.05, 4.69) is 14.2 Å². The summed E-state index contributed by atoms with van der Waals surface area (Å²) in [6.07, 6.45) is 0.305. The Hall–Kier alpha value is -0.790. The first kappa shape index (κ1) is 16.2. The van der Waals surface area contributed by atoms with Crippen LogP contribution in [-0.4, -0.2) is 56.6 Å². The molecule has 1 N–H and O–H groups in total. The number of rotatable bonds is 10. The van der Waals surface area contributed by atoms with Crippen molar-refractivity contribution < 1.29 is 32.9 Å². The summed E-state index contributed by atoms with van der Waals surface area (Å²) in [6, 6.07) is 0. The molecule has 0 saturated heterocycles. The summed E-state index contributed by atoms with van der Waals surface area (Å²) in [7, 11) is 0. The van der Waals surface area contributed by atoms with Crippen molar-refractivity contribution in [3.8, 4) is 0 Å². The van der Waals surface area contributed by atoms with Crippen LogP contribution in [0.1, 0.15) is 13.3 Å². The number of esters is 1. The molecular formula is C10H18F2O5. The van der Waals surface area contributed by atoms with Gasteiger partial charge in [0.05, 0.1) is 6.61 Å². The van der Waals surface area contributed by atoms with Crippen molar-refractivity contribution in [2.45, 2.75) is 19.3 Å². The highest BCUT2D eigenvalue weighted by Gasteiger charge is 2.30. The number of aliphatic hydroxyl groups excluding tert-OH is 1. The summed E-state index contributed by atoms with van der Waals surface area (Å²) in [5.74, 6) is -3.83. The first-order valence-electron chi connectivity index (χ1n) is 5.31. The topological polar surface area (TPSA) is 65.0 Å². The molecule has 0 rings (SSSR count). The van der Waals surface area contributed by atoms with E-state index in [1.54, 1.807) is 6.92 Å². The lowest BCUT2D eigenvalue weighted by molar-refractivity contribution is -0.157. The number of carbonyl (C=O) groups excluding carboxylic acids is 1. The van der Waals surface area contributed by atoms with Crippen LogP contribution in [0.4, 0.5) is 8.78 Å². The lowest BCUT2D eigenvalue weighted by Gasteiger charge is -2.16. The number of hydrogen-bond donors (Lipinski definition) is 1. The van der Waals surface area contributed by atoms with Gasteiger partial charge >= 0.3 is 5.97 Å². The molecule has 0 saturated carbocycles. The summed E-state index contributed by atoms with van der Waals surface area (Å²) in [6.45, 7) is -0.444. The molecule has 102 valence electrons. The second-order valence-electron chi connectivity index (χ2n) is 3.28. The summed E-state index contributed by atoms with van der Waals surface area (Å²) in [5.41, 5.74) is 0. The van der Waals surface area contributed by atoms with Crippen LogP contribution in [0.25, 0.3) is 0 Å². The number of carbonyl (C=O) groups is 1. The van der Waals surface area contributed by atoms with Gasteiger partial charge in [0.15, 0.2) is 0 Å². The minimum Gasteiger partial charge on any atom is -0.464 e. The molecule has 0 spiro atoms. The molecule has 0 aromatic heterocycles. The van der Waals surface area contributed by atoms with E-state index < -0.39 is 31.7 Å². The second-order valence-corrected chi connectivity index (χ2v) is 3.28. The Bertz CT molecular complexity index is 211. The van der Waals surface area contributed by atoms with Crippen molar-refractivity contribution in [3.63, 3.8) is 0 Å². The fourth-order valence-corrected chi connectivity index (χ4v) is 0.916. The van der Waals surface area contributed by atoms with Gasteiger partial charge in [-0.05, 0) is 13.3 Å². The zero-order chi connectivity index (χ0) is 13.1. The molecule has 0 aliphatic rings. The van der Waals surface area contributed by atoms with Crippen LogP contribution in [0, 0.1) is 0 Å². The quantitative estimate of drug-likeness (QED) is 0.458. The van der Waals surface area contributed by atoms with E-state index in [0.717, 1.165) is 0 Å². The molecule has 0 amide bonds. The average molecular weight is 256 g/mol. The van der Waals surface area contributed by atoms with Crippen LogP contribution < -0.4 is 0 Å². The first-order valence-corrected chi connectivity index (χ1v) is 5.31. The van der Waals surface area contributed by atoms with Gasteiger partial charge in [0, 0.05) is 13.2 Å². The molecule has 0 radical (unpaired) electrons. The van der Waals surface area contributed by atoms with E-state index >= 15 is 0 Å². The van der Waals surface area contributed by atoms with E-state index in [1.807, 2.05) is 0 Å². The maximum Gasteiger partial charge on any atom is 0.332 e. The molecule has 17 heavy (non-hydrogen) atoms. The molecule has 0 unspecified atom stereocenters. The number of alkyl halides is 2. The zero-order valence-corrected chi connectivity index (χ0v) is 9.79. The molecule has 5 nitrogen and oxygen atoms in total. The highest BCUT2D eigenvalue weighted by atomic mass is 19.3. The van der Waals surface area contributed by atoms with Gasteiger partial charge in [0.1, 0.15) is 19.8 Å². The molecule has 0 aromatic carbocycles. The second kappa shape index (κ2) is 9.26. The van der Waals surface area contributed by atoms with Crippen LogP contribution in [-0.2, 0) is 19.0 Å². The van der Waals surface area contributed by atoms with Crippen molar-refractivity contribution >= 4 is 5.97 Å². The van der Waals surface area contributed by atoms with Crippen molar-refractivity contribution in [1.82, 2.24) is 0 Å². The molecule has 7 heteroatoms. The molecule has 0 fully saturated rings. The largest absolute Gasteiger partial charge is 0.464 e. The smallest absolute Gasteiger partial charge is 0.332 e. The van der Waals surface area contributed by atoms with Gasteiger partial charge in [0.25, 0.3) is 5.92 Å². The standard InChI is InChI=1S/C10H18F2O5/c1-2-17-9(14)6-16-8-10(11,12)7-15-5-3-4-13/h13H,2-8H2,1H3. The minimum atomic E-state index is -3.15. The number of ether oxygens (including phenoxy) is 3. The molecular weight excluding hydrogens is 238 g/mol. The maximum absolute atomic E-state index is 13.0. The van der Waals surface area contributed by atoms with Crippen LogP contribution >= 0.6 is 0 Å². The molecule has 0 heterocycles. The van der Waals surface area contributed by atoms with Crippen molar-refractivity contribution in [2.24, 2.45) is 0 Å². The minimum absolute atomic E-state index is 0.0595. The fraction of sp³-hybridized carbons (Fsp3) is 0.900. The summed E-state index contributed by atoms with van der Waals surface area (Å²) < 4.78 is 39.7. The van der Waals surface area contributed by atoms with Gasteiger partial charge < -0.3 is 19.3 Å². The highest BCUT2D eigenvalue weighted by Crippen LogP contribution is 2.14. The Kier molecular flexibility index (Phi) is 8.83. The van der Waals surface area contributed by atoms with Crippen molar-refractivity contribution in [3.05, 3.63) is 0 Å². The van der Waals surface area contributed by atoms with E-state index in [9.17, 15) is 13.6 Å². The normalized spacial score (nSPS) is 11.5. The number of aliphatic hydroxyl groups is 1. The Balaban J connectivity index is 3.59. The summed E-state index contributed by atoms with van der Waals surface area (Å²) >= 11 is 0. The number of hydrogen-bond acceptors (Lipinski definition) is 5. The van der Waals surface area contributed by atoms with E-state index in [-0.39, 0.29) is 19.8 Å². The third-order valence-electron chi connectivity index (χ3n) is 1.60. The molecule has 0 aromatic rings. The molecule has 0 atom stereocenters. The van der Waals surface area contributed by atoms with Crippen molar-refractivity contribution in [1.29, 1.82) is 0 Å². The van der Waals surface area contributed by atoms with Crippen LogP contribution in [0.5, 0.6) is 0 Å². The average Bonchev–Trinajstić information content (AvgIpc) is 2.24. The highest BCUT2D eigenvalue weighted by molar-refractivity contribution is 5.70. The van der Waals surface area contributed by atoms with Crippen LogP contribution in [0.15, 0.2) is 0 Å². The predicted molar refractivity (Wildman–Crippen MR) is 54.9 cm³/mol. The van der Waals surface area contributed by atoms with E-state index in [0.29, 0.717) is 6.42 Å². The predicted octanol–water partition coefficient (Wildman–Crippen LogP) is 0.600. The molecule has 0 aliphatic carbocycles. The van der Waals surface area contributed by atoms with E-state index in [1.165, 1.54) is 0 Å². The Labute approximate surface area is 98.7 Å². The van der Waals surface area contributed by atoms with E-state index in [4.69, 9.17) is 5.11 Å². The third kappa shape index (κ3) is 10.1. The summed E-state index contributed by atoms with van der Waals surface area (Å²) in [4.78, 5) is 10.8. The lowest BCUT2D eigenvalue weighted by Crippen LogP contribution is -2.31. The lowest BCUT2D eigenvalue weighted by atomic mass is 10.4.